The largest absolute Gasteiger partial charge is 0.302 e. The van der Waals surface area contributed by atoms with Crippen LogP contribution in [0.2, 0.25) is 0 Å². The average molecular weight is 274 g/mol. The normalized spacial score (nSPS) is 20.8. The van der Waals surface area contributed by atoms with E-state index in [1.54, 1.807) is 0 Å². The van der Waals surface area contributed by atoms with Gasteiger partial charge >= 0.3 is 0 Å². The van der Waals surface area contributed by atoms with Gasteiger partial charge in [0, 0.05) is 38.8 Å². The molecule has 2 rings (SSSR count). The highest BCUT2D eigenvalue weighted by atomic mass is 16.1. The van der Waals surface area contributed by atoms with Crippen molar-refractivity contribution in [3.63, 3.8) is 0 Å². The number of benzene rings is 1. The topological polar surface area (TPSA) is 23.6 Å². The summed E-state index contributed by atoms with van der Waals surface area (Å²) in [4.78, 5) is 16.6. The summed E-state index contributed by atoms with van der Waals surface area (Å²) in [6.07, 6.45) is 1.11. The van der Waals surface area contributed by atoms with Crippen molar-refractivity contribution in [1.82, 2.24) is 9.80 Å². The molecule has 1 atom stereocenters. The van der Waals surface area contributed by atoms with Crippen molar-refractivity contribution in [1.29, 1.82) is 0 Å². The third-order valence-corrected chi connectivity index (χ3v) is 4.38. The smallest absolute Gasteiger partial charge is 0.131 e. The minimum Gasteiger partial charge on any atom is -0.302 e. The van der Waals surface area contributed by atoms with Crippen molar-refractivity contribution < 1.29 is 4.79 Å². The summed E-state index contributed by atoms with van der Waals surface area (Å²) in [5, 5.41) is 0. The molecular formula is C17H26N2O. The van der Waals surface area contributed by atoms with Crippen molar-refractivity contribution in [2.75, 3.05) is 32.7 Å². The van der Waals surface area contributed by atoms with Crippen LogP contribution in [0.4, 0.5) is 0 Å². The zero-order valence-corrected chi connectivity index (χ0v) is 12.9. The van der Waals surface area contributed by atoms with Gasteiger partial charge in [0.05, 0.1) is 5.41 Å². The fraction of sp³-hybridized carbons (Fsp3) is 0.588. The first-order valence-electron chi connectivity index (χ1n) is 7.53. The number of hydrogen-bond acceptors (Lipinski definition) is 3. The molecule has 0 N–H and O–H groups in total. The molecule has 1 aliphatic rings. The van der Waals surface area contributed by atoms with Crippen molar-refractivity contribution in [2.45, 2.75) is 32.2 Å². The zero-order valence-electron chi connectivity index (χ0n) is 12.9. The highest BCUT2D eigenvalue weighted by molar-refractivity contribution is 5.68. The van der Waals surface area contributed by atoms with Crippen LogP contribution in [-0.2, 0) is 10.2 Å². The van der Waals surface area contributed by atoms with Gasteiger partial charge in [-0.2, -0.15) is 0 Å². The maximum Gasteiger partial charge on any atom is 0.131 e. The minimum absolute atomic E-state index is 0.402. The summed E-state index contributed by atoms with van der Waals surface area (Å²) in [5.74, 6) is 0. The molecule has 1 unspecified atom stereocenters. The Balaban J connectivity index is 2.00. The molecular weight excluding hydrogens is 248 g/mol. The van der Waals surface area contributed by atoms with Gasteiger partial charge in [0.1, 0.15) is 6.29 Å². The molecule has 1 aromatic carbocycles. The molecule has 1 aliphatic heterocycles. The SMILES string of the molecule is CC(C)N1CCN(CC(C)(C=O)c2ccccc2)CC1. The molecule has 3 nitrogen and oxygen atoms in total. The Morgan fingerprint density at radius 2 is 1.75 bits per heavy atom. The number of hydrogen-bond donors (Lipinski definition) is 0. The predicted octanol–water partition coefficient (Wildman–Crippen LogP) is 2.17. The quantitative estimate of drug-likeness (QED) is 0.769. The second-order valence-electron chi connectivity index (χ2n) is 6.31. The van der Waals surface area contributed by atoms with E-state index < -0.39 is 5.41 Å². The van der Waals surface area contributed by atoms with Crippen LogP contribution in [0, 0.1) is 0 Å². The Morgan fingerprint density at radius 1 is 1.15 bits per heavy atom. The van der Waals surface area contributed by atoms with Gasteiger partial charge in [0.25, 0.3) is 0 Å². The van der Waals surface area contributed by atoms with Crippen molar-refractivity contribution in [3.8, 4) is 0 Å². The molecule has 0 saturated carbocycles. The molecule has 0 bridgehead atoms. The molecule has 1 aromatic rings. The summed E-state index contributed by atoms with van der Waals surface area (Å²) in [6, 6.07) is 10.7. The molecule has 1 heterocycles. The van der Waals surface area contributed by atoms with Crippen molar-refractivity contribution >= 4 is 6.29 Å². The summed E-state index contributed by atoms with van der Waals surface area (Å²) in [6.45, 7) is 11.6. The first-order chi connectivity index (χ1) is 9.55. The lowest BCUT2D eigenvalue weighted by Gasteiger charge is -2.40. The highest BCUT2D eigenvalue weighted by Gasteiger charge is 2.30. The number of aldehydes is 1. The van der Waals surface area contributed by atoms with E-state index in [1.807, 2.05) is 25.1 Å². The Kier molecular flexibility index (Phi) is 4.95. The molecule has 0 aliphatic carbocycles. The summed E-state index contributed by atoms with van der Waals surface area (Å²) >= 11 is 0. The van der Waals surface area contributed by atoms with E-state index in [9.17, 15) is 4.79 Å². The Labute approximate surface area is 122 Å². The highest BCUT2D eigenvalue weighted by Crippen LogP contribution is 2.23. The van der Waals surface area contributed by atoms with E-state index in [1.165, 1.54) is 0 Å². The van der Waals surface area contributed by atoms with Gasteiger partial charge in [0.15, 0.2) is 0 Å². The fourth-order valence-corrected chi connectivity index (χ4v) is 2.92. The number of nitrogens with zero attached hydrogens (tertiary/aromatic N) is 2. The van der Waals surface area contributed by atoms with E-state index in [0.717, 1.165) is 44.6 Å². The second-order valence-corrected chi connectivity index (χ2v) is 6.31. The minimum atomic E-state index is -0.402. The fourth-order valence-electron chi connectivity index (χ4n) is 2.92. The van der Waals surface area contributed by atoms with E-state index in [-0.39, 0.29) is 0 Å². The molecule has 1 saturated heterocycles. The lowest BCUT2D eigenvalue weighted by molar-refractivity contribution is -0.113. The monoisotopic (exact) mass is 274 g/mol. The first kappa shape index (κ1) is 15.2. The lowest BCUT2D eigenvalue weighted by Crippen LogP contribution is -2.52. The number of carbonyl (C=O) groups is 1. The van der Waals surface area contributed by atoms with Crippen LogP contribution in [0.5, 0.6) is 0 Å². The van der Waals surface area contributed by atoms with Crippen LogP contribution in [0.25, 0.3) is 0 Å². The van der Waals surface area contributed by atoms with Crippen LogP contribution in [-0.4, -0.2) is 54.9 Å². The van der Waals surface area contributed by atoms with Crippen LogP contribution in [0.15, 0.2) is 30.3 Å². The van der Waals surface area contributed by atoms with Gasteiger partial charge < -0.3 is 4.79 Å². The Bertz CT molecular complexity index is 424. The van der Waals surface area contributed by atoms with Gasteiger partial charge in [0.2, 0.25) is 0 Å². The molecule has 110 valence electrons. The lowest BCUT2D eigenvalue weighted by atomic mass is 9.83. The summed E-state index contributed by atoms with van der Waals surface area (Å²) in [7, 11) is 0. The molecule has 3 heteroatoms. The Hall–Kier alpha value is -1.19. The number of carbonyl (C=O) groups excluding carboxylic acids is 1. The van der Waals surface area contributed by atoms with E-state index in [4.69, 9.17) is 0 Å². The molecule has 0 spiro atoms. The van der Waals surface area contributed by atoms with Crippen LogP contribution in [0.3, 0.4) is 0 Å². The maximum atomic E-state index is 11.6. The van der Waals surface area contributed by atoms with Gasteiger partial charge in [-0.05, 0) is 26.3 Å². The standard InChI is InChI=1S/C17H26N2O/c1-15(2)19-11-9-18(10-12-19)13-17(3,14-20)16-7-5-4-6-8-16/h4-8,14-15H,9-13H2,1-3H3. The molecule has 20 heavy (non-hydrogen) atoms. The van der Waals surface area contributed by atoms with Gasteiger partial charge in [-0.15, -0.1) is 0 Å². The van der Waals surface area contributed by atoms with Gasteiger partial charge in [-0.25, -0.2) is 0 Å². The number of piperazine rings is 1. The third kappa shape index (κ3) is 3.47. The van der Waals surface area contributed by atoms with Crippen molar-refractivity contribution in [3.05, 3.63) is 35.9 Å². The summed E-state index contributed by atoms with van der Waals surface area (Å²) < 4.78 is 0. The van der Waals surface area contributed by atoms with E-state index in [2.05, 4.69) is 35.8 Å². The van der Waals surface area contributed by atoms with Gasteiger partial charge in [-0.1, -0.05) is 30.3 Å². The maximum absolute atomic E-state index is 11.6. The van der Waals surface area contributed by atoms with E-state index >= 15 is 0 Å². The molecule has 1 fully saturated rings. The predicted molar refractivity (Wildman–Crippen MR) is 83.0 cm³/mol. The van der Waals surface area contributed by atoms with Gasteiger partial charge in [-0.3, -0.25) is 9.80 Å². The molecule has 0 amide bonds. The summed E-state index contributed by atoms with van der Waals surface area (Å²) in [5.41, 5.74) is 0.711. The third-order valence-electron chi connectivity index (χ3n) is 4.38. The van der Waals surface area contributed by atoms with Crippen LogP contribution in [0.1, 0.15) is 26.3 Å². The second kappa shape index (κ2) is 6.51. The van der Waals surface area contributed by atoms with Crippen LogP contribution < -0.4 is 0 Å². The molecule has 0 aromatic heterocycles. The van der Waals surface area contributed by atoms with Crippen molar-refractivity contribution in [2.24, 2.45) is 0 Å². The Morgan fingerprint density at radius 3 is 2.25 bits per heavy atom. The number of rotatable bonds is 5. The molecule has 0 radical (unpaired) electrons. The van der Waals surface area contributed by atoms with E-state index in [0.29, 0.717) is 6.04 Å². The first-order valence-corrected chi connectivity index (χ1v) is 7.53. The van der Waals surface area contributed by atoms with Crippen LogP contribution >= 0.6 is 0 Å². The zero-order chi connectivity index (χ0) is 14.6. The average Bonchev–Trinajstić information content (AvgIpc) is 2.48.